The molecule has 26 heavy (non-hydrogen) atoms. The first-order valence-corrected chi connectivity index (χ1v) is 8.93. The Labute approximate surface area is 154 Å². The molecule has 1 N–H and O–H groups in total. The number of aliphatic hydroxyl groups is 1. The molecular formula is C20H27NO5. The Balaban J connectivity index is 1.56. The molecule has 1 aliphatic carbocycles. The summed E-state index contributed by atoms with van der Waals surface area (Å²) in [5.41, 5.74) is 1.06. The van der Waals surface area contributed by atoms with Crippen molar-refractivity contribution in [3.8, 4) is 11.5 Å². The molecule has 6 heteroatoms. The second-order valence-electron chi connectivity index (χ2n) is 6.56. The molecule has 142 valence electrons. The maximum Gasteiger partial charge on any atom is 0.165 e. The fourth-order valence-corrected chi connectivity index (χ4v) is 3.09. The molecule has 1 unspecified atom stereocenters. The van der Waals surface area contributed by atoms with Crippen LogP contribution in [0.3, 0.4) is 0 Å². The van der Waals surface area contributed by atoms with Crippen LogP contribution in [0.15, 0.2) is 41.0 Å². The minimum absolute atomic E-state index is 0.277. The monoisotopic (exact) mass is 361 g/mol. The van der Waals surface area contributed by atoms with Crippen molar-refractivity contribution in [1.82, 2.24) is 4.90 Å². The van der Waals surface area contributed by atoms with E-state index in [1.807, 2.05) is 30.3 Å². The molecule has 0 bridgehead atoms. The number of ether oxygens (including phenoxy) is 3. The lowest BCUT2D eigenvalue weighted by atomic mass is 10.1. The van der Waals surface area contributed by atoms with E-state index in [1.165, 1.54) is 0 Å². The van der Waals surface area contributed by atoms with Crippen LogP contribution in [0.2, 0.25) is 0 Å². The van der Waals surface area contributed by atoms with Crippen LogP contribution in [0.4, 0.5) is 0 Å². The van der Waals surface area contributed by atoms with Crippen molar-refractivity contribution in [2.75, 3.05) is 27.4 Å². The highest BCUT2D eigenvalue weighted by atomic mass is 16.5. The van der Waals surface area contributed by atoms with Crippen LogP contribution < -0.4 is 9.47 Å². The molecule has 0 radical (unpaired) electrons. The van der Waals surface area contributed by atoms with Crippen molar-refractivity contribution in [2.24, 2.45) is 0 Å². The summed E-state index contributed by atoms with van der Waals surface area (Å²) in [6.07, 6.45) is 3.38. The smallest absolute Gasteiger partial charge is 0.165 e. The lowest BCUT2D eigenvalue weighted by Crippen LogP contribution is -2.36. The highest BCUT2D eigenvalue weighted by Gasteiger charge is 2.31. The zero-order chi connectivity index (χ0) is 18.4. The number of hydrogen-bond acceptors (Lipinski definition) is 6. The van der Waals surface area contributed by atoms with E-state index >= 15 is 0 Å². The Morgan fingerprint density at radius 3 is 2.69 bits per heavy atom. The van der Waals surface area contributed by atoms with E-state index in [-0.39, 0.29) is 6.61 Å². The molecule has 1 fully saturated rings. The van der Waals surface area contributed by atoms with Crippen LogP contribution >= 0.6 is 0 Å². The molecule has 1 saturated carbocycles. The second kappa shape index (κ2) is 9.07. The molecule has 1 aromatic heterocycles. The average molecular weight is 361 g/mol. The highest BCUT2D eigenvalue weighted by molar-refractivity contribution is 5.46. The van der Waals surface area contributed by atoms with E-state index in [2.05, 4.69) is 4.90 Å². The Morgan fingerprint density at radius 1 is 1.19 bits per heavy atom. The summed E-state index contributed by atoms with van der Waals surface area (Å²) < 4.78 is 21.7. The van der Waals surface area contributed by atoms with Gasteiger partial charge in [0.15, 0.2) is 11.5 Å². The van der Waals surface area contributed by atoms with E-state index in [9.17, 15) is 5.11 Å². The SMILES string of the molecule is COc1cccc(CN(CC(O)COCc2ccco2)C2CC2)c1OC. The zero-order valence-corrected chi connectivity index (χ0v) is 15.4. The van der Waals surface area contributed by atoms with Gasteiger partial charge in [-0.3, -0.25) is 4.90 Å². The first-order chi connectivity index (χ1) is 12.7. The predicted molar refractivity (Wildman–Crippen MR) is 97.3 cm³/mol. The Hall–Kier alpha value is -2.02. The van der Waals surface area contributed by atoms with Gasteiger partial charge in [0.1, 0.15) is 12.4 Å². The molecule has 0 aliphatic heterocycles. The van der Waals surface area contributed by atoms with E-state index in [1.54, 1.807) is 20.5 Å². The molecule has 0 saturated heterocycles. The van der Waals surface area contributed by atoms with Gasteiger partial charge in [-0.05, 0) is 31.0 Å². The number of para-hydroxylation sites is 1. The number of aliphatic hydroxyl groups excluding tert-OH is 1. The van der Waals surface area contributed by atoms with Gasteiger partial charge in [-0.1, -0.05) is 12.1 Å². The van der Waals surface area contributed by atoms with Gasteiger partial charge < -0.3 is 23.7 Å². The Bertz CT molecular complexity index is 669. The van der Waals surface area contributed by atoms with E-state index in [4.69, 9.17) is 18.6 Å². The molecule has 1 atom stereocenters. The molecule has 0 amide bonds. The molecule has 3 rings (SSSR count). The lowest BCUT2D eigenvalue weighted by Gasteiger charge is -2.26. The van der Waals surface area contributed by atoms with Gasteiger partial charge in [-0.25, -0.2) is 0 Å². The van der Waals surface area contributed by atoms with Gasteiger partial charge in [-0.15, -0.1) is 0 Å². The number of rotatable bonds is 11. The van der Waals surface area contributed by atoms with E-state index in [0.29, 0.717) is 25.7 Å². The summed E-state index contributed by atoms with van der Waals surface area (Å²) in [5.74, 6) is 2.24. The molecule has 0 spiro atoms. The predicted octanol–water partition coefficient (Wildman–Crippen LogP) is 2.84. The Morgan fingerprint density at radius 2 is 2.04 bits per heavy atom. The summed E-state index contributed by atoms with van der Waals surface area (Å²) in [4.78, 5) is 2.29. The van der Waals surface area contributed by atoms with Crippen LogP contribution in [0, 0.1) is 0 Å². The molecule has 6 nitrogen and oxygen atoms in total. The topological polar surface area (TPSA) is 64.3 Å². The van der Waals surface area contributed by atoms with Crippen molar-refractivity contribution in [3.05, 3.63) is 47.9 Å². The zero-order valence-electron chi connectivity index (χ0n) is 15.4. The fourth-order valence-electron chi connectivity index (χ4n) is 3.09. The van der Waals surface area contributed by atoms with Crippen LogP contribution in [-0.2, 0) is 17.9 Å². The summed E-state index contributed by atoms with van der Waals surface area (Å²) in [6.45, 7) is 1.92. The first-order valence-electron chi connectivity index (χ1n) is 8.93. The number of benzene rings is 1. The van der Waals surface area contributed by atoms with Gasteiger partial charge in [0.05, 0.1) is 33.2 Å². The van der Waals surface area contributed by atoms with E-state index < -0.39 is 6.10 Å². The van der Waals surface area contributed by atoms with Gasteiger partial charge in [0.2, 0.25) is 0 Å². The fraction of sp³-hybridized carbons (Fsp3) is 0.500. The third kappa shape index (κ3) is 5.00. The summed E-state index contributed by atoms with van der Waals surface area (Å²) >= 11 is 0. The summed E-state index contributed by atoms with van der Waals surface area (Å²) in [5, 5.41) is 10.4. The minimum Gasteiger partial charge on any atom is -0.493 e. The van der Waals surface area contributed by atoms with Gasteiger partial charge in [0, 0.05) is 24.7 Å². The van der Waals surface area contributed by atoms with Crippen LogP contribution in [-0.4, -0.2) is 49.5 Å². The lowest BCUT2D eigenvalue weighted by molar-refractivity contribution is 0.00236. The van der Waals surface area contributed by atoms with Gasteiger partial charge >= 0.3 is 0 Å². The number of methoxy groups -OCH3 is 2. The second-order valence-corrected chi connectivity index (χ2v) is 6.56. The maximum atomic E-state index is 10.4. The minimum atomic E-state index is -0.554. The number of furan rings is 1. The van der Waals surface area contributed by atoms with Crippen molar-refractivity contribution in [3.63, 3.8) is 0 Å². The quantitative estimate of drug-likeness (QED) is 0.664. The Kier molecular flexibility index (Phi) is 6.55. The van der Waals surface area contributed by atoms with Crippen LogP contribution in [0.25, 0.3) is 0 Å². The third-order valence-corrected chi connectivity index (χ3v) is 4.50. The molecule has 1 aliphatic rings. The van der Waals surface area contributed by atoms with E-state index in [0.717, 1.165) is 35.7 Å². The van der Waals surface area contributed by atoms with Crippen LogP contribution in [0.1, 0.15) is 24.2 Å². The molecule has 2 aromatic rings. The number of hydrogen-bond donors (Lipinski definition) is 1. The van der Waals surface area contributed by atoms with Crippen LogP contribution in [0.5, 0.6) is 11.5 Å². The number of nitrogens with zero attached hydrogens (tertiary/aromatic N) is 1. The normalized spacial score (nSPS) is 15.2. The molecule has 1 aromatic carbocycles. The first kappa shape index (κ1) is 18.8. The largest absolute Gasteiger partial charge is 0.493 e. The van der Waals surface area contributed by atoms with Gasteiger partial charge in [0.25, 0.3) is 0 Å². The van der Waals surface area contributed by atoms with Crippen molar-refractivity contribution in [2.45, 2.75) is 38.1 Å². The van der Waals surface area contributed by atoms with Crippen molar-refractivity contribution < 1.29 is 23.7 Å². The average Bonchev–Trinajstić information content (AvgIpc) is 3.37. The third-order valence-electron chi connectivity index (χ3n) is 4.50. The standard InChI is InChI=1S/C20H27NO5/c1-23-19-7-3-5-15(20(19)24-2)11-21(16-8-9-16)12-17(22)13-25-14-18-6-4-10-26-18/h3-7,10,16-17,22H,8-9,11-14H2,1-2H3. The maximum absolute atomic E-state index is 10.4. The van der Waals surface area contributed by atoms with Gasteiger partial charge in [-0.2, -0.15) is 0 Å². The molecule has 1 heterocycles. The molecular weight excluding hydrogens is 334 g/mol. The van der Waals surface area contributed by atoms with Crippen molar-refractivity contribution >= 4 is 0 Å². The summed E-state index contributed by atoms with van der Waals surface area (Å²) in [6, 6.07) is 10.1. The summed E-state index contributed by atoms with van der Waals surface area (Å²) in [7, 11) is 3.29. The van der Waals surface area contributed by atoms with Crippen molar-refractivity contribution in [1.29, 1.82) is 0 Å². The highest BCUT2D eigenvalue weighted by Crippen LogP contribution is 2.34.